The van der Waals surface area contributed by atoms with Gasteiger partial charge in [-0.15, -0.1) is 0 Å². The van der Waals surface area contributed by atoms with E-state index in [9.17, 15) is 4.79 Å². The summed E-state index contributed by atoms with van der Waals surface area (Å²) in [6.45, 7) is 2.08. The quantitative estimate of drug-likeness (QED) is 0.668. The molecular formula is C14H14ClN3O2. The molecular weight excluding hydrogens is 278 g/mol. The highest BCUT2D eigenvalue weighted by atomic mass is 35.5. The lowest BCUT2D eigenvalue weighted by Crippen LogP contribution is -2.05. The minimum absolute atomic E-state index is 0.331. The molecule has 6 heteroatoms. The van der Waals surface area contributed by atoms with Gasteiger partial charge in [0.25, 0.3) is 0 Å². The zero-order chi connectivity index (χ0) is 14.5. The predicted octanol–water partition coefficient (Wildman–Crippen LogP) is 3.24. The number of carbonyl (C=O) groups excluding carboxylic acids is 1. The first-order chi connectivity index (χ1) is 9.60. The van der Waals surface area contributed by atoms with Crippen LogP contribution in [0.4, 0.5) is 17.2 Å². The van der Waals surface area contributed by atoms with Crippen molar-refractivity contribution in [2.24, 2.45) is 0 Å². The maximum Gasteiger partial charge on any atom is 0.339 e. The van der Waals surface area contributed by atoms with Crippen molar-refractivity contribution in [2.45, 2.75) is 6.92 Å². The summed E-state index contributed by atoms with van der Waals surface area (Å²) in [4.78, 5) is 15.6. The van der Waals surface area contributed by atoms with Crippen LogP contribution >= 0.6 is 11.6 Å². The second-order valence-electron chi connectivity index (χ2n) is 4.02. The number of nitrogen functional groups attached to an aromatic ring is 1. The van der Waals surface area contributed by atoms with Gasteiger partial charge in [0.1, 0.15) is 5.82 Å². The molecule has 0 aliphatic heterocycles. The van der Waals surface area contributed by atoms with Crippen LogP contribution in [-0.4, -0.2) is 17.6 Å². The van der Waals surface area contributed by atoms with E-state index in [4.69, 9.17) is 22.1 Å². The molecule has 0 fully saturated rings. The zero-order valence-corrected chi connectivity index (χ0v) is 11.6. The van der Waals surface area contributed by atoms with Crippen LogP contribution in [0, 0.1) is 0 Å². The van der Waals surface area contributed by atoms with E-state index < -0.39 is 5.97 Å². The summed E-state index contributed by atoms with van der Waals surface area (Å²) in [6, 6.07) is 8.43. The molecule has 2 aromatic rings. The maximum absolute atomic E-state index is 11.5. The minimum Gasteiger partial charge on any atom is -0.462 e. The van der Waals surface area contributed by atoms with Gasteiger partial charge in [-0.1, -0.05) is 11.6 Å². The van der Waals surface area contributed by atoms with Gasteiger partial charge in [0.15, 0.2) is 0 Å². The number of carbonyl (C=O) groups is 1. The van der Waals surface area contributed by atoms with Crippen molar-refractivity contribution in [2.75, 3.05) is 17.7 Å². The molecule has 0 aliphatic rings. The van der Waals surface area contributed by atoms with Gasteiger partial charge >= 0.3 is 5.97 Å². The smallest absolute Gasteiger partial charge is 0.339 e. The third-order valence-electron chi connectivity index (χ3n) is 2.53. The summed E-state index contributed by atoms with van der Waals surface area (Å²) in [5.74, 6) is 0.166. The number of nitrogens with two attached hydrogens (primary N) is 1. The maximum atomic E-state index is 11.5. The summed E-state index contributed by atoms with van der Waals surface area (Å²) < 4.78 is 4.88. The SMILES string of the molecule is CCOC(=O)c1ccc(Nc2cc(N)ccc2Cl)nc1. The Morgan fingerprint density at radius 1 is 1.40 bits per heavy atom. The molecule has 0 saturated heterocycles. The zero-order valence-electron chi connectivity index (χ0n) is 10.9. The van der Waals surface area contributed by atoms with Gasteiger partial charge in [0.05, 0.1) is 22.9 Å². The van der Waals surface area contributed by atoms with Gasteiger partial charge < -0.3 is 15.8 Å². The van der Waals surface area contributed by atoms with Crippen LogP contribution in [-0.2, 0) is 4.74 Å². The Labute approximate surface area is 121 Å². The number of benzene rings is 1. The third-order valence-corrected chi connectivity index (χ3v) is 2.86. The van der Waals surface area contributed by atoms with Crippen LogP contribution in [0.5, 0.6) is 0 Å². The van der Waals surface area contributed by atoms with Crippen molar-refractivity contribution in [1.29, 1.82) is 0 Å². The molecule has 20 heavy (non-hydrogen) atoms. The van der Waals surface area contributed by atoms with E-state index in [0.717, 1.165) is 0 Å². The van der Waals surface area contributed by atoms with Crippen molar-refractivity contribution in [3.8, 4) is 0 Å². The molecule has 0 amide bonds. The van der Waals surface area contributed by atoms with Gasteiger partial charge in [0.2, 0.25) is 0 Å². The fourth-order valence-corrected chi connectivity index (χ4v) is 1.74. The highest BCUT2D eigenvalue weighted by Crippen LogP contribution is 2.26. The van der Waals surface area contributed by atoms with Gasteiger partial charge in [-0.3, -0.25) is 0 Å². The normalized spacial score (nSPS) is 10.1. The molecule has 1 aromatic carbocycles. The molecule has 0 spiro atoms. The number of rotatable bonds is 4. The van der Waals surface area contributed by atoms with Crippen LogP contribution in [0.3, 0.4) is 0 Å². The fourth-order valence-electron chi connectivity index (χ4n) is 1.58. The molecule has 1 heterocycles. The number of nitrogens with one attached hydrogen (secondary N) is 1. The predicted molar refractivity (Wildman–Crippen MR) is 79.3 cm³/mol. The summed E-state index contributed by atoms with van der Waals surface area (Å²) in [7, 11) is 0. The van der Waals surface area contributed by atoms with Crippen LogP contribution < -0.4 is 11.1 Å². The van der Waals surface area contributed by atoms with Crippen molar-refractivity contribution in [3.63, 3.8) is 0 Å². The molecule has 0 bridgehead atoms. The Balaban J connectivity index is 2.14. The molecule has 0 atom stereocenters. The minimum atomic E-state index is -0.395. The van der Waals surface area contributed by atoms with Crippen molar-refractivity contribution in [3.05, 3.63) is 47.1 Å². The molecule has 1 aromatic heterocycles. The first-order valence-corrected chi connectivity index (χ1v) is 6.43. The Kier molecular flexibility index (Phi) is 4.42. The first kappa shape index (κ1) is 14.1. The van der Waals surface area contributed by atoms with Crippen LogP contribution in [0.1, 0.15) is 17.3 Å². The number of nitrogens with zero attached hydrogens (tertiary/aromatic N) is 1. The van der Waals surface area contributed by atoms with Gasteiger partial charge in [-0.2, -0.15) is 0 Å². The van der Waals surface area contributed by atoms with E-state index in [1.54, 1.807) is 37.3 Å². The van der Waals surface area contributed by atoms with E-state index in [0.29, 0.717) is 34.4 Å². The van der Waals surface area contributed by atoms with Gasteiger partial charge in [0, 0.05) is 11.9 Å². The van der Waals surface area contributed by atoms with Crippen LogP contribution in [0.25, 0.3) is 0 Å². The summed E-state index contributed by atoms with van der Waals surface area (Å²) in [5.41, 5.74) is 7.35. The molecule has 0 unspecified atom stereocenters. The summed E-state index contributed by atoms with van der Waals surface area (Å²) in [6.07, 6.45) is 1.44. The van der Waals surface area contributed by atoms with Crippen molar-refractivity contribution in [1.82, 2.24) is 4.98 Å². The lowest BCUT2D eigenvalue weighted by atomic mass is 10.2. The van der Waals surface area contributed by atoms with E-state index in [1.807, 2.05) is 0 Å². The number of hydrogen-bond acceptors (Lipinski definition) is 5. The van der Waals surface area contributed by atoms with Gasteiger partial charge in [-0.05, 0) is 37.3 Å². The molecule has 104 valence electrons. The fraction of sp³-hybridized carbons (Fsp3) is 0.143. The monoisotopic (exact) mass is 291 g/mol. The number of ether oxygens (including phenoxy) is 1. The Morgan fingerprint density at radius 3 is 2.85 bits per heavy atom. The average molecular weight is 292 g/mol. The number of halogens is 1. The highest BCUT2D eigenvalue weighted by molar-refractivity contribution is 6.33. The third kappa shape index (κ3) is 3.39. The molecule has 0 saturated carbocycles. The molecule has 0 radical (unpaired) electrons. The standard InChI is InChI=1S/C14H14ClN3O2/c1-2-20-14(19)9-3-6-13(17-8-9)18-12-7-10(16)4-5-11(12)15/h3-8H,2,16H2,1H3,(H,17,18). The molecule has 2 rings (SSSR count). The lowest BCUT2D eigenvalue weighted by molar-refractivity contribution is 0.0526. The van der Waals surface area contributed by atoms with E-state index in [2.05, 4.69) is 10.3 Å². The molecule has 5 nitrogen and oxygen atoms in total. The summed E-state index contributed by atoms with van der Waals surface area (Å²) in [5, 5.41) is 3.57. The average Bonchev–Trinajstić information content (AvgIpc) is 2.44. The van der Waals surface area contributed by atoms with E-state index >= 15 is 0 Å². The Bertz CT molecular complexity index is 614. The lowest BCUT2D eigenvalue weighted by Gasteiger charge is -2.09. The van der Waals surface area contributed by atoms with Crippen molar-refractivity contribution >= 4 is 34.8 Å². The largest absolute Gasteiger partial charge is 0.462 e. The highest BCUT2D eigenvalue weighted by Gasteiger charge is 2.07. The molecule has 3 N–H and O–H groups in total. The first-order valence-electron chi connectivity index (χ1n) is 6.05. The van der Waals surface area contributed by atoms with E-state index in [-0.39, 0.29) is 0 Å². The second kappa shape index (κ2) is 6.25. The number of pyridine rings is 1. The van der Waals surface area contributed by atoms with Gasteiger partial charge in [-0.25, -0.2) is 9.78 Å². The number of esters is 1. The van der Waals surface area contributed by atoms with E-state index in [1.165, 1.54) is 6.20 Å². The van der Waals surface area contributed by atoms with Crippen molar-refractivity contribution < 1.29 is 9.53 Å². The summed E-state index contributed by atoms with van der Waals surface area (Å²) >= 11 is 6.05. The topological polar surface area (TPSA) is 77.2 Å². The van der Waals surface area contributed by atoms with Crippen LogP contribution in [0.2, 0.25) is 5.02 Å². The van der Waals surface area contributed by atoms with Crippen LogP contribution in [0.15, 0.2) is 36.5 Å². The second-order valence-corrected chi connectivity index (χ2v) is 4.42. The molecule has 0 aliphatic carbocycles. The number of aromatic nitrogens is 1. The number of anilines is 3. The Morgan fingerprint density at radius 2 is 2.20 bits per heavy atom. The number of hydrogen-bond donors (Lipinski definition) is 2. The Hall–Kier alpha value is -2.27.